The Morgan fingerprint density at radius 2 is 1.86 bits per heavy atom. The highest BCUT2D eigenvalue weighted by Gasteiger charge is 2.38. The highest BCUT2D eigenvalue weighted by molar-refractivity contribution is 7.89. The third-order valence-corrected chi connectivity index (χ3v) is 8.24. The molecule has 1 heterocycles. The van der Waals surface area contributed by atoms with Crippen LogP contribution in [0.5, 0.6) is 0 Å². The van der Waals surface area contributed by atoms with E-state index in [1.54, 1.807) is 18.3 Å². The molecule has 1 aromatic carbocycles. The standard InChI is InChI=1S/C20H26N2O5S2/c1-14(23)17-9-10-18(28-17)20(11-3-4-12-20)13-21-29(25,26)16-7-5-15(6-8-16)22-19(24)27-2/h5-10,14,21,23H,3-4,11-13H2,1-2H3,(H,22,24)/t14-/m1/s1. The monoisotopic (exact) mass is 438 g/mol. The van der Waals surface area contributed by atoms with Crippen molar-refractivity contribution in [2.45, 2.75) is 49.0 Å². The topological polar surface area (TPSA) is 105 Å². The number of nitrogens with one attached hydrogen (secondary N) is 2. The third-order valence-electron chi connectivity index (χ3n) is 5.32. The Labute approximate surface area is 175 Å². The van der Waals surface area contributed by atoms with E-state index in [1.165, 1.54) is 31.4 Å². The molecule has 1 aliphatic rings. The van der Waals surface area contributed by atoms with Gasteiger partial charge in [-0.2, -0.15) is 0 Å². The van der Waals surface area contributed by atoms with Crippen LogP contribution in [0.25, 0.3) is 0 Å². The van der Waals surface area contributed by atoms with Crippen molar-refractivity contribution in [3.8, 4) is 0 Å². The summed E-state index contributed by atoms with van der Waals surface area (Å²) >= 11 is 1.56. The molecule has 1 amide bonds. The molecule has 1 saturated carbocycles. The molecule has 0 radical (unpaired) electrons. The maximum atomic E-state index is 12.8. The first-order valence-electron chi connectivity index (χ1n) is 9.49. The molecule has 1 atom stereocenters. The summed E-state index contributed by atoms with van der Waals surface area (Å²) in [6.45, 7) is 2.05. The van der Waals surface area contributed by atoms with Gasteiger partial charge in [-0.3, -0.25) is 5.32 Å². The quantitative estimate of drug-likeness (QED) is 0.610. The number of aliphatic hydroxyl groups excluding tert-OH is 1. The number of hydrogen-bond acceptors (Lipinski definition) is 6. The van der Waals surface area contributed by atoms with E-state index >= 15 is 0 Å². The minimum atomic E-state index is -3.69. The van der Waals surface area contributed by atoms with Crippen LogP contribution in [0.4, 0.5) is 10.5 Å². The molecule has 0 aliphatic heterocycles. The number of amides is 1. The second-order valence-corrected chi connectivity index (χ2v) is 10.2. The lowest BCUT2D eigenvalue weighted by Crippen LogP contribution is -2.38. The predicted octanol–water partition coefficient (Wildman–Crippen LogP) is 3.77. The van der Waals surface area contributed by atoms with Gasteiger partial charge in [0.15, 0.2) is 0 Å². The molecule has 1 fully saturated rings. The average molecular weight is 439 g/mol. The number of carbonyl (C=O) groups is 1. The molecule has 9 heteroatoms. The summed E-state index contributed by atoms with van der Waals surface area (Å²) in [4.78, 5) is 13.4. The third kappa shape index (κ3) is 4.98. The molecule has 0 spiro atoms. The molecule has 1 aliphatic carbocycles. The Morgan fingerprint density at radius 1 is 1.21 bits per heavy atom. The Balaban J connectivity index is 1.74. The van der Waals surface area contributed by atoms with Gasteiger partial charge in [-0.1, -0.05) is 12.8 Å². The van der Waals surface area contributed by atoms with Crippen LogP contribution in [-0.2, 0) is 20.2 Å². The number of sulfonamides is 1. The fourth-order valence-electron chi connectivity index (χ4n) is 3.63. The summed E-state index contributed by atoms with van der Waals surface area (Å²) < 4.78 is 32.9. The smallest absolute Gasteiger partial charge is 0.411 e. The number of anilines is 1. The van der Waals surface area contributed by atoms with E-state index < -0.39 is 22.2 Å². The van der Waals surface area contributed by atoms with Gasteiger partial charge < -0.3 is 9.84 Å². The van der Waals surface area contributed by atoms with E-state index in [0.29, 0.717) is 12.2 Å². The van der Waals surface area contributed by atoms with Crippen LogP contribution < -0.4 is 10.0 Å². The number of hydrogen-bond donors (Lipinski definition) is 3. The molecular weight excluding hydrogens is 412 g/mol. The van der Waals surface area contributed by atoms with Crippen LogP contribution in [0, 0.1) is 0 Å². The van der Waals surface area contributed by atoms with Gasteiger partial charge in [0.25, 0.3) is 0 Å². The first-order valence-corrected chi connectivity index (χ1v) is 11.8. The Hall–Kier alpha value is -1.94. The van der Waals surface area contributed by atoms with E-state index in [4.69, 9.17) is 0 Å². The van der Waals surface area contributed by atoms with Crippen molar-refractivity contribution < 1.29 is 23.1 Å². The fourth-order valence-corrected chi connectivity index (χ4v) is 5.94. The van der Waals surface area contributed by atoms with Gasteiger partial charge in [0, 0.05) is 27.4 Å². The predicted molar refractivity (Wildman–Crippen MR) is 113 cm³/mol. The normalized spacial score (nSPS) is 17.1. The van der Waals surface area contributed by atoms with Gasteiger partial charge in [-0.25, -0.2) is 17.9 Å². The van der Waals surface area contributed by atoms with Crippen molar-refractivity contribution in [2.75, 3.05) is 19.0 Å². The molecule has 3 rings (SSSR count). The lowest BCUT2D eigenvalue weighted by Gasteiger charge is -2.28. The zero-order chi connectivity index (χ0) is 21.1. The number of aliphatic hydroxyl groups is 1. The minimum Gasteiger partial charge on any atom is -0.453 e. The first-order chi connectivity index (χ1) is 13.8. The van der Waals surface area contributed by atoms with Crippen LogP contribution in [0.3, 0.4) is 0 Å². The van der Waals surface area contributed by atoms with Gasteiger partial charge in [-0.15, -0.1) is 11.3 Å². The second kappa shape index (κ2) is 8.83. The molecule has 3 N–H and O–H groups in total. The Kier molecular flexibility index (Phi) is 6.62. The summed E-state index contributed by atoms with van der Waals surface area (Å²) in [5.41, 5.74) is 0.212. The summed E-state index contributed by atoms with van der Waals surface area (Å²) in [5.74, 6) is 0. The van der Waals surface area contributed by atoms with Crippen LogP contribution in [0.1, 0.15) is 48.5 Å². The van der Waals surface area contributed by atoms with Gasteiger partial charge in [0.05, 0.1) is 18.1 Å². The zero-order valence-corrected chi connectivity index (χ0v) is 18.1. The number of benzene rings is 1. The summed E-state index contributed by atoms with van der Waals surface area (Å²) in [5, 5.41) is 12.3. The van der Waals surface area contributed by atoms with Crippen LogP contribution in [0.2, 0.25) is 0 Å². The molecule has 0 unspecified atom stereocenters. The largest absolute Gasteiger partial charge is 0.453 e. The Morgan fingerprint density at radius 3 is 2.41 bits per heavy atom. The van der Waals surface area contributed by atoms with Crippen molar-refractivity contribution in [2.24, 2.45) is 0 Å². The highest BCUT2D eigenvalue weighted by Crippen LogP contribution is 2.44. The van der Waals surface area contributed by atoms with Crippen molar-refractivity contribution in [3.63, 3.8) is 0 Å². The molecule has 158 valence electrons. The lowest BCUT2D eigenvalue weighted by atomic mass is 9.85. The molecule has 1 aromatic heterocycles. The van der Waals surface area contributed by atoms with E-state index in [0.717, 1.165) is 35.4 Å². The van der Waals surface area contributed by atoms with Crippen LogP contribution in [0.15, 0.2) is 41.3 Å². The number of methoxy groups -OCH3 is 1. The van der Waals surface area contributed by atoms with E-state index in [-0.39, 0.29) is 10.3 Å². The fraction of sp³-hybridized carbons (Fsp3) is 0.450. The number of thiophene rings is 1. The van der Waals surface area contributed by atoms with Crippen molar-refractivity contribution in [1.29, 1.82) is 0 Å². The molecule has 0 saturated heterocycles. The maximum Gasteiger partial charge on any atom is 0.411 e. The van der Waals surface area contributed by atoms with E-state index in [1.807, 2.05) is 12.1 Å². The molecule has 0 bridgehead atoms. The molecule has 29 heavy (non-hydrogen) atoms. The summed E-state index contributed by atoms with van der Waals surface area (Å²) in [6.07, 6.45) is 2.79. The van der Waals surface area contributed by atoms with Crippen LogP contribution >= 0.6 is 11.3 Å². The van der Waals surface area contributed by atoms with E-state index in [9.17, 15) is 18.3 Å². The first kappa shape index (κ1) is 21.8. The van der Waals surface area contributed by atoms with Crippen molar-refractivity contribution in [1.82, 2.24) is 4.72 Å². The minimum absolute atomic E-state index is 0.136. The van der Waals surface area contributed by atoms with Gasteiger partial charge in [-0.05, 0) is 56.2 Å². The molecule has 7 nitrogen and oxygen atoms in total. The van der Waals surface area contributed by atoms with Crippen molar-refractivity contribution >= 4 is 33.1 Å². The van der Waals surface area contributed by atoms with Gasteiger partial charge >= 0.3 is 6.09 Å². The number of carbonyl (C=O) groups excluding carboxylic acids is 1. The maximum absolute atomic E-state index is 12.8. The zero-order valence-electron chi connectivity index (χ0n) is 16.5. The summed E-state index contributed by atoms with van der Waals surface area (Å²) in [6, 6.07) is 9.87. The highest BCUT2D eigenvalue weighted by atomic mass is 32.2. The number of rotatable bonds is 7. The Bertz CT molecular complexity index is 946. The number of ether oxygens (including phenoxy) is 1. The molecular formula is C20H26N2O5S2. The van der Waals surface area contributed by atoms with E-state index in [2.05, 4.69) is 14.8 Å². The van der Waals surface area contributed by atoms with Crippen molar-refractivity contribution in [3.05, 3.63) is 46.2 Å². The lowest BCUT2D eigenvalue weighted by molar-refractivity contribution is 0.187. The molecule has 2 aromatic rings. The average Bonchev–Trinajstić information content (AvgIpc) is 3.37. The second-order valence-electron chi connectivity index (χ2n) is 7.33. The SMILES string of the molecule is COC(=O)Nc1ccc(S(=O)(=O)NCC2(c3ccc([C@@H](C)O)s3)CCCC2)cc1. The summed E-state index contributed by atoms with van der Waals surface area (Å²) in [7, 11) is -2.43. The van der Waals surface area contributed by atoms with Gasteiger partial charge in [0.2, 0.25) is 10.0 Å². The van der Waals surface area contributed by atoms with Gasteiger partial charge in [0.1, 0.15) is 0 Å². The van der Waals surface area contributed by atoms with Crippen LogP contribution in [-0.4, -0.2) is 33.3 Å².